The van der Waals surface area contributed by atoms with Crippen LogP contribution in [0.25, 0.3) is 11.1 Å². The molecular formula is C19H19F2NO2S. The van der Waals surface area contributed by atoms with Crippen LogP contribution in [0.5, 0.6) is 0 Å². The van der Waals surface area contributed by atoms with Gasteiger partial charge in [-0.2, -0.15) is 0 Å². The van der Waals surface area contributed by atoms with Gasteiger partial charge in [0, 0.05) is 13.1 Å². The fourth-order valence-electron chi connectivity index (χ4n) is 3.16. The summed E-state index contributed by atoms with van der Waals surface area (Å²) in [5.74, 6) is -0.641. The van der Waals surface area contributed by atoms with Gasteiger partial charge in [0.1, 0.15) is 11.6 Å². The molecule has 0 saturated carbocycles. The molecule has 0 saturated heterocycles. The Hall–Kier alpha value is -2.05. The van der Waals surface area contributed by atoms with E-state index in [1.54, 1.807) is 24.3 Å². The maximum atomic E-state index is 13.3. The summed E-state index contributed by atoms with van der Waals surface area (Å²) >= 11 is 0. The molecule has 6 heteroatoms. The Balaban J connectivity index is 2.06. The van der Waals surface area contributed by atoms with Crippen molar-refractivity contribution in [3.05, 3.63) is 71.3 Å². The molecule has 0 bridgehead atoms. The molecule has 3 nitrogen and oxygen atoms in total. The van der Waals surface area contributed by atoms with E-state index in [-0.39, 0.29) is 11.6 Å². The van der Waals surface area contributed by atoms with Gasteiger partial charge in [-0.25, -0.2) is 21.5 Å². The van der Waals surface area contributed by atoms with Crippen LogP contribution in [0.3, 0.4) is 0 Å². The lowest BCUT2D eigenvalue weighted by atomic mass is 9.91. The van der Waals surface area contributed by atoms with Crippen molar-refractivity contribution in [2.45, 2.75) is 12.8 Å². The maximum Gasteiger partial charge on any atom is 0.211 e. The Bertz CT molecular complexity index is 829. The van der Waals surface area contributed by atoms with E-state index in [9.17, 15) is 17.2 Å². The first kappa shape index (κ1) is 17.8. The van der Waals surface area contributed by atoms with E-state index < -0.39 is 10.0 Å². The molecule has 0 amide bonds. The van der Waals surface area contributed by atoms with Gasteiger partial charge >= 0.3 is 0 Å². The molecule has 3 rings (SSSR count). The summed E-state index contributed by atoms with van der Waals surface area (Å²) in [5, 5.41) is 0. The fraction of sp³-hybridized carbons (Fsp3) is 0.263. The molecule has 0 unspecified atom stereocenters. The molecule has 1 aliphatic heterocycles. The second-order valence-corrected chi connectivity index (χ2v) is 8.12. The molecule has 1 heterocycles. The van der Waals surface area contributed by atoms with E-state index in [1.165, 1.54) is 34.8 Å². The Morgan fingerprint density at radius 3 is 1.44 bits per heavy atom. The summed E-state index contributed by atoms with van der Waals surface area (Å²) in [6.07, 6.45) is 2.24. The number of hydrogen-bond donors (Lipinski definition) is 0. The first-order valence-corrected chi connectivity index (χ1v) is 9.88. The summed E-state index contributed by atoms with van der Waals surface area (Å²) in [6.45, 7) is 0.743. The van der Waals surface area contributed by atoms with Gasteiger partial charge in [0.15, 0.2) is 0 Å². The van der Waals surface area contributed by atoms with E-state index in [2.05, 4.69) is 0 Å². The van der Waals surface area contributed by atoms with Crippen molar-refractivity contribution >= 4 is 21.2 Å². The van der Waals surface area contributed by atoms with Crippen LogP contribution in [0.1, 0.15) is 24.0 Å². The van der Waals surface area contributed by atoms with Crippen molar-refractivity contribution in [3.63, 3.8) is 0 Å². The van der Waals surface area contributed by atoms with Gasteiger partial charge in [-0.3, -0.25) is 0 Å². The average molecular weight is 363 g/mol. The number of rotatable bonds is 3. The third kappa shape index (κ3) is 4.14. The van der Waals surface area contributed by atoms with Crippen LogP contribution in [0, 0.1) is 11.6 Å². The average Bonchev–Trinajstić information content (AvgIpc) is 2.79. The standard InChI is InChI=1S/C19H19F2NO2S/c1-25(23,24)22-12-10-18(14-2-6-16(20)7-3-14)19(11-13-22)15-4-8-17(21)9-5-15/h2-9H,10-13H2,1H3. The van der Waals surface area contributed by atoms with Gasteiger partial charge in [0.2, 0.25) is 10.0 Å². The molecule has 0 N–H and O–H groups in total. The van der Waals surface area contributed by atoms with E-state index in [1.807, 2.05) is 0 Å². The Morgan fingerprint density at radius 2 is 1.12 bits per heavy atom. The minimum Gasteiger partial charge on any atom is -0.213 e. The maximum absolute atomic E-state index is 13.3. The van der Waals surface area contributed by atoms with Gasteiger partial charge in [-0.05, 0) is 59.4 Å². The van der Waals surface area contributed by atoms with Crippen LogP contribution in [-0.4, -0.2) is 32.1 Å². The highest BCUT2D eigenvalue weighted by Crippen LogP contribution is 2.34. The highest BCUT2D eigenvalue weighted by atomic mass is 32.2. The predicted molar refractivity (Wildman–Crippen MR) is 95.3 cm³/mol. The molecule has 0 radical (unpaired) electrons. The number of sulfonamides is 1. The number of hydrogen-bond acceptors (Lipinski definition) is 2. The van der Waals surface area contributed by atoms with Crippen molar-refractivity contribution in [1.29, 1.82) is 0 Å². The lowest BCUT2D eigenvalue weighted by Crippen LogP contribution is -2.31. The van der Waals surface area contributed by atoms with Crippen molar-refractivity contribution in [3.8, 4) is 0 Å². The second-order valence-electron chi connectivity index (χ2n) is 6.13. The van der Waals surface area contributed by atoms with Crippen LogP contribution in [-0.2, 0) is 10.0 Å². The molecule has 2 aromatic carbocycles. The van der Waals surface area contributed by atoms with Crippen molar-refractivity contribution in [2.75, 3.05) is 19.3 Å². The minimum atomic E-state index is -3.29. The Labute approximate surface area is 146 Å². The highest BCUT2D eigenvalue weighted by molar-refractivity contribution is 7.88. The van der Waals surface area contributed by atoms with Gasteiger partial charge in [0.05, 0.1) is 6.26 Å². The number of halogens is 2. The summed E-state index contributed by atoms with van der Waals surface area (Å²) < 4.78 is 51.8. The van der Waals surface area contributed by atoms with Crippen LogP contribution in [0.15, 0.2) is 48.5 Å². The lowest BCUT2D eigenvalue weighted by molar-refractivity contribution is 0.435. The first-order chi connectivity index (χ1) is 11.8. The van der Waals surface area contributed by atoms with Gasteiger partial charge in [-0.1, -0.05) is 24.3 Å². The monoisotopic (exact) mass is 363 g/mol. The van der Waals surface area contributed by atoms with E-state index in [0.29, 0.717) is 25.9 Å². The molecule has 0 spiro atoms. The SMILES string of the molecule is CS(=O)(=O)N1CCC(c2ccc(F)cc2)=C(c2ccc(F)cc2)CC1. The summed E-state index contributed by atoms with van der Waals surface area (Å²) in [4.78, 5) is 0. The lowest BCUT2D eigenvalue weighted by Gasteiger charge is -2.17. The molecule has 2 aromatic rings. The van der Waals surface area contributed by atoms with Crippen LogP contribution in [0.4, 0.5) is 8.78 Å². The topological polar surface area (TPSA) is 37.4 Å². The van der Waals surface area contributed by atoms with E-state index in [4.69, 9.17) is 0 Å². The normalized spacial score (nSPS) is 16.8. The fourth-order valence-corrected chi connectivity index (χ4v) is 4.00. The molecule has 0 atom stereocenters. The number of benzene rings is 2. The number of nitrogens with zero attached hydrogens (tertiary/aromatic N) is 1. The molecule has 25 heavy (non-hydrogen) atoms. The molecular weight excluding hydrogens is 344 g/mol. The molecule has 1 aliphatic rings. The molecule has 132 valence electrons. The Kier molecular flexibility index (Phi) is 5.01. The van der Waals surface area contributed by atoms with Gasteiger partial charge in [0.25, 0.3) is 0 Å². The third-order valence-corrected chi connectivity index (χ3v) is 5.74. The van der Waals surface area contributed by atoms with Crippen LogP contribution >= 0.6 is 0 Å². The molecule has 0 aromatic heterocycles. The minimum absolute atomic E-state index is 0.320. The van der Waals surface area contributed by atoms with E-state index in [0.717, 1.165) is 22.3 Å². The largest absolute Gasteiger partial charge is 0.213 e. The molecule has 0 fully saturated rings. The summed E-state index contributed by atoms with van der Waals surface area (Å²) in [7, 11) is -3.29. The van der Waals surface area contributed by atoms with Crippen LogP contribution in [0.2, 0.25) is 0 Å². The van der Waals surface area contributed by atoms with Gasteiger partial charge in [-0.15, -0.1) is 0 Å². The summed E-state index contributed by atoms with van der Waals surface area (Å²) in [5.41, 5.74) is 3.66. The zero-order valence-electron chi connectivity index (χ0n) is 13.9. The van der Waals surface area contributed by atoms with Crippen molar-refractivity contribution < 1.29 is 17.2 Å². The van der Waals surface area contributed by atoms with Crippen LogP contribution < -0.4 is 0 Å². The molecule has 0 aliphatic carbocycles. The zero-order valence-corrected chi connectivity index (χ0v) is 14.7. The quantitative estimate of drug-likeness (QED) is 0.829. The third-order valence-electron chi connectivity index (χ3n) is 4.44. The first-order valence-electron chi connectivity index (χ1n) is 8.03. The second kappa shape index (κ2) is 7.06. The van der Waals surface area contributed by atoms with E-state index >= 15 is 0 Å². The predicted octanol–water partition coefficient (Wildman–Crippen LogP) is 3.93. The van der Waals surface area contributed by atoms with Crippen molar-refractivity contribution in [2.24, 2.45) is 0 Å². The highest BCUT2D eigenvalue weighted by Gasteiger charge is 2.23. The zero-order chi connectivity index (χ0) is 18.0. The summed E-state index contributed by atoms with van der Waals surface area (Å²) in [6, 6.07) is 12.4. The Morgan fingerprint density at radius 1 is 0.760 bits per heavy atom. The van der Waals surface area contributed by atoms with Crippen molar-refractivity contribution in [1.82, 2.24) is 4.31 Å². The van der Waals surface area contributed by atoms with Gasteiger partial charge < -0.3 is 0 Å². The smallest absolute Gasteiger partial charge is 0.211 e.